The number of nitrogens with two attached hydrogens (primary N) is 1. The summed E-state index contributed by atoms with van der Waals surface area (Å²) < 4.78 is 26.8. The summed E-state index contributed by atoms with van der Waals surface area (Å²) in [6, 6.07) is 4.96. The quantitative estimate of drug-likeness (QED) is 0.617. The first kappa shape index (κ1) is 15.1. The Morgan fingerprint density at radius 2 is 2.11 bits per heavy atom. The van der Waals surface area contributed by atoms with Gasteiger partial charge in [-0.3, -0.25) is 0 Å². The van der Waals surface area contributed by atoms with Gasteiger partial charge < -0.3 is 5.73 Å². The van der Waals surface area contributed by atoms with Crippen LogP contribution in [0.2, 0.25) is 0 Å². The fourth-order valence-electron chi connectivity index (χ4n) is 1.50. The van der Waals surface area contributed by atoms with Crippen LogP contribution < -0.4 is 10.5 Å². The van der Waals surface area contributed by atoms with Gasteiger partial charge in [-0.05, 0) is 25.0 Å². The van der Waals surface area contributed by atoms with Crippen LogP contribution in [0.3, 0.4) is 0 Å². The fourth-order valence-corrected chi connectivity index (χ4v) is 2.97. The van der Waals surface area contributed by atoms with Crippen molar-refractivity contribution in [2.24, 2.45) is 5.73 Å². The average Bonchev–Trinajstić information content (AvgIpc) is 2.29. The second kappa shape index (κ2) is 6.26. The number of hydrogen-bond acceptors (Lipinski definition) is 3. The molecule has 0 unspecified atom stereocenters. The molecular weight excluding hydrogens is 268 g/mol. The Hall–Kier alpha value is -0.980. The lowest BCUT2D eigenvalue weighted by atomic mass is 10.1. The van der Waals surface area contributed by atoms with Crippen molar-refractivity contribution in [2.75, 3.05) is 6.54 Å². The summed E-state index contributed by atoms with van der Waals surface area (Å²) in [6.45, 7) is 4.19. The molecule has 0 saturated carbocycles. The number of unbranched alkanes of at least 4 members (excludes halogenated alkanes) is 1. The number of thiocarbonyl (C=S) groups is 1. The number of nitrogens with one attached hydrogen (secondary N) is 1. The predicted octanol–water partition coefficient (Wildman–Crippen LogP) is 1.71. The molecule has 100 valence electrons. The molecule has 0 aromatic heterocycles. The van der Waals surface area contributed by atoms with E-state index in [0.717, 1.165) is 12.8 Å². The van der Waals surface area contributed by atoms with Gasteiger partial charge in [0.2, 0.25) is 10.0 Å². The minimum Gasteiger partial charge on any atom is -0.389 e. The van der Waals surface area contributed by atoms with Gasteiger partial charge in [0.1, 0.15) is 4.99 Å². The van der Waals surface area contributed by atoms with Crippen LogP contribution in [0.25, 0.3) is 0 Å². The Labute approximate surface area is 114 Å². The summed E-state index contributed by atoms with van der Waals surface area (Å²) in [4.78, 5) is 0.434. The van der Waals surface area contributed by atoms with Crippen LogP contribution in [0.15, 0.2) is 23.1 Å². The first-order valence-electron chi connectivity index (χ1n) is 5.78. The number of sulfonamides is 1. The maximum absolute atomic E-state index is 12.1. The maximum Gasteiger partial charge on any atom is 0.240 e. The molecule has 0 atom stereocenters. The van der Waals surface area contributed by atoms with Gasteiger partial charge in [-0.1, -0.05) is 37.7 Å². The van der Waals surface area contributed by atoms with E-state index in [1.165, 1.54) is 6.07 Å². The van der Waals surface area contributed by atoms with Crippen molar-refractivity contribution in [2.45, 2.75) is 31.6 Å². The highest BCUT2D eigenvalue weighted by molar-refractivity contribution is 7.89. The van der Waals surface area contributed by atoms with Gasteiger partial charge in [0.05, 0.1) is 4.90 Å². The normalized spacial score (nSPS) is 11.4. The van der Waals surface area contributed by atoms with Crippen molar-refractivity contribution < 1.29 is 8.42 Å². The van der Waals surface area contributed by atoms with E-state index in [1.807, 2.05) is 6.92 Å². The minimum atomic E-state index is -3.48. The molecule has 6 heteroatoms. The second-order valence-electron chi connectivity index (χ2n) is 4.10. The van der Waals surface area contributed by atoms with E-state index < -0.39 is 10.0 Å². The number of benzene rings is 1. The van der Waals surface area contributed by atoms with Crippen LogP contribution in [0.1, 0.15) is 30.9 Å². The van der Waals surface area contributed by atoms with Crippen LogP contribution in [0.4, 0.5) is 0 Å². The van der Waals surface area contributed by atoms with Crippen LogP contribution >= 0.6 is 12.2 Å². The lowest BCUT2D eigenvalue weighted by Crippen LogP contribution is -2.26. The highest BCUT2D eigenvalue weighted by Gasteiger charge is 2.17. The molecule has 0 amide bonds. The van der Waals surface area contributed by atoms with Gasteiger partial charge >= 0.3 is 0 Å². The van der Waals surface area contributed by atoms with Crippen molar-refractivity contribution in [1.82, 2.24) is 4.72 Å². The summed E-state index contributed by atoms with van der Waals surface area (Å²) in [6.07, 6.45) is 1.75. The van der Waals surface area contributed by atoms with Crippen molar-refractivity contribution in [3.05, 3.63) is 29.3 Å². The molecule has 18 heavy (non-hydrogen) atoms. The van der Waals surface area contributed by atoms with Crippen LogP contribution in [-0.4, -0.2) is 20.0 Å². The van der Waals surface area contributed by atoms with Gasteiger partial charge in [-0.15, -0.1) is 0 Å². The molecule has 0 radical (unpaired) electrons. The molecular formula is C12H18N2O2S2. The zero-order chi connectivity index (χ0) is 13.8. The van der Waals surface area contributed by atoms with Gasteiger partial charge in [0.25, 0.3) is 0 Å². The number of aryl methyl sites for hydroxylation is 1. The summed E-state index contributed by atoms with van der Waals surface area (Å²) >= 11 is 4.86. The Morgan fingerprint density at radius 3 is 2.67 bits per heavy atom. The third-order valence-electron chi connectivity index (χ3n) is 2.58. The van der Waals surface area contributed by atoms with Crippen LogP contribution in [-0.2, 0) is 10.0 Å². The second-order valence-corrected chi connectivity index (χ2v) is 6.27. The first-order chi connectivity index (χ1) is 8.38. The summed E-state index contributed by atoms with van der Waals surface area (Å²) in [5.74, 6) is 0. The smallest absolute Gasteiger partial charge is 0.240 e. The van der Waals surface area contributed by atoms with E-state index in [0.29, 0.717) is 17.7 Å². The molecule has 0 fully saturated rings. The molecule has 1 aromatic rings. The number of hydrogen-bond donors (Lipinski definition) is 2. The van der Waals surface area contributed by atoms with E-state index >= 15 is 0 Å². The van der Waals surface area contributed by atoms with Gasteiger partial charge in [0, 0.05) is 12.1 Å². The Balaban J connectivity index is 3.07. The van der Waals surface area contributed by atoms with Gasteiger partial charge in [-0.25, -0.2) is 13.1 Å². The highest BCUT2D eigenvalue weighted by Crippen LogP contribution is 2.17. The van der Waals surface area contributed by atoms with Crippen molar-refractivity contribution in [3.63, 3.8) is 0 Å². The SMILES string of the molecule is CCCCNS(=O)(=O)c1cc(C(N)=S)ccc1C. The molecule has 1 aromatic carbocycles. The lowest BCUT2D eigenvalue weighted by molar-refractivity contribution is 0.577. The zero-order valence-electron chi connectivity index (χ0n) is 10.6. The Kier molecular flexibility index (Phi) is 5.25. The molecule has 0 heterocycles. The monoisotopic (exact) mass is 286 g/mol. The van der Waals surface area contributed by atoms with E-state index in [4.69, 9.17) is 18.0 Å². The Bertz CT molecular complexity index is 539. The third kappa shape index (κ3) is 3.76. The molecule has 0 spiro atoms. The number of rotatable bonds is 6. The lowest BCUT2D eigenvalue weighted by Gasteiger charge is -2.10. The zero-order valence-corrected chi connectivity index (χ0v) is 12.2. The molecule has 0 bridgehead atoms. The van der Waals surface area contributed by atoms with E-state index in [2.05, 4.69) is 4.72 Å². The molecule has 0 aliphatic heterocycles. The summed E-state index contributed by atoms with van der Waals surface area (Å²) in [7, 11) is -3.48. The standard InChI is InChI=1S/C12H18N2O2S2/c1-3-4-7-14-18(15,16)11-8-10(12(13)17)6-5-9(11)2/h5-6,8,14H,3-4,7H2,1-2H3,(H2,13,17). The predicted molar refractivity (Wildman–Crippen MR) is 77.2 cm³/mol. The molecule has 0 saturated heterocycles. The molecule has 1 rings (SSSR count). The maximum atomic E-state index is 12.1. The first-order valence-corrected chi connectivity index (χ1v) is 7.67. The van der Waals surface area contributed by atoms with E-state index in [1.54, 1.807) is 19.1 Å². The van der Waals surface area contributed by atoms with Crippen LogP contribution in [0.5, 0.6) is 0 Å². The van der Waals surface area contributed by atoms with E-state index in [-0.39, 0.29) is 9.88 Å². The Morgan fingerprint density at radius 1 is 1.44 bits per heavy atom. The third-order valence-corrected chi connectivity index (χ3v) is 4.42. The van der Waals surface area contributed by atoms with Gasteiger partial charge in [0.15, 0.2) is 0 Å². The largest absolute Gasteiger partial charge is 0.389 e. The molecule has 4 nitrogen and oxygen atoms in total. The van der Waals surface area contributed by atoms with Crippen molar-refractivity contribution >= 4 is 27.2 Å². The van der Waals surface area contributed by atoms with Crippen LogP contribution in [0, 0.1) is 6.92 Å². The molecule has 0 aliphatic rings. The topological polar surface area (TPSA) is 72.2 Å². The summed E-state index contributed by atoms with van der Waals surface area (Å²) in [5, 5.41) is 0. The average molecular weight is 286 g/mol. The van der Waals surface area contributed by atoms with Gasteiger partial charge in [-0.2, -0.15) is 0 Å². The van der Waals surface area contributed by atoms with Crippen molar-refractivity contribution in [3.8, 4) is 0 Å². The molecule has 0 aliphatic carbocycles. The molecule has 3 N–H and O–H groups in total. The highest BCUT2D eigenvalue weighted by atomic mass is 32.2. The minimum absolute atomic E-state index is 0.194. The van der Waals surface area contributed by atoms with E-state index in [9.17, 15) is 8.42 Å². The summed E-state index contributed by atoms with van der Waals surface area (Å²) in [5.41, 5.74) is 6.76. The fraction of sp³-hybridized carbons (Fsp3) is 0.417. The van der Waals surface area contributed by atoms with Crippen molar-refractivity contribution in [1.29, 1.82) is 0 Å².